The number of allylic oxidation sites excluding steroid dienone is 8. The van der Waals surface area contributed by atoms with Gasteiger partial charge in [-0.05, 0) is 74.0 Å². The summed E-state index contributed by atoms with van der Waals surface area (Å²) in [6, 6.07) is 21.6. The molecule has 0 radical (unpaired) electrons. The summed E-state index contributed by atoms with van der Waals surface area (Å²) < 4.78 is 0. The first-order valence-corrected chi connectivity index (χ1v) is 9.43. The van der Waals surface area contributed by atoms with Crippen LogP contribution in [0.2, 0.25) is 0 Å². The molecular weight excluding hydrogens is 312 g/mol. The lowest BCUT2D eigenvalue weighted by Gasteiger charge is -2.20. The SMILES string of the molecule is CC(C)=C1/C=C(/c2ccccc2)CC/C(c2ccccc2)=C\C1=C(C)C. The average Bonchev–Trinajstić information content (AvgIpc) is 2.63. The lowest BCUT2D eigenvalue weighted by molar-refractivity contribution is 1.07. The zero-order valence-electron chi connectivity index (χ0n) is 16.3. The van der Waals surface area contributed by atoms with Crippen LogP contribution in [0.5, 0.6) is 0 Å². The summed E-state index contributed by atoms with van der Waals surface area (Å²) in [5.74, 6) is 0. The summed E-state index contributed by atoms with van der Waals surface area (Å²) in [4.78, 5) is 0. The Morgan fingerprint density at radius 1 is 0.538 bits per heavy atom. The second-order valence-electron chi connectivity index (χ2n) is 7.40. The molecule has 0 aliphatic heterocycles. The Morgan fingerprint density at radius 2 is 0.885 bits per heavy atom. The second-order valence-corrected chi connectivity index (χ2v) is 7.40. The summed E-state index contributed by atoms with van der Waals surface area (Å²) in [5.41, 5.74) is 10.9. The highest BCUT2D eigenvalue weighted by Gasteiger charge is 2.14. The number of hydrogen-bond donors (Lipinski definition) is 0. The molecule has 0 heterocycles. The molecule has 0 N–H and O–H groups in total. The average molecular weight is 341 g/mol. The summed E-state index contributed by atoms with van der Waals surface area (Å²) in [7, 11) is 0. The molecule has 26 heavy (non-hydrogen) atoms. The van der Waals surface area contributed by atoms with Crippen LogP contribution >= 0.6 is 0 Å². The van der Waals surface area contributed by atoms with Gasteiger partial charge in [0.2, 0.25) is 0 Å². The van der Waals surface area contributed by atoms with Gasteiger partial charge in [-0.3, -0.25) is 0 Å². The van der Waals surface area contributed by atoms with Gasteiger partial charge in [-0.25, -0.2) is 0 Å². The third-order valence-electron chi connectivity index (χ3n) is 4.96. The van der Waals surface area contributed by atoms with Crippen molar-refractivity contribution in [3.05, 3.63) is 106 Å². The molecule has 0 amide bonds. The summed E-state index contributed by atoms with van der Waals surface area (Å²) in [6.45, 7) is 8.87. The molecule has 0 fully saturated rings. The molecule has 1 aliphatic rings. The van der Waals surface area contributed by atoms with Crippen molar-refractivity contribution in [1.29, 1.82) is 0 Å². The van der Waals surface area contributed by atoms with Crippen molar-refractivity contribution in [2.45, 2.75) is 40.5 Å². The third kappa shape index (κ3) is 4.14. The Balaban J connectivity index is 2.17. The van der Waals surface area contributed by atoms with Crippen LogP contribution in [-0.4, -0.2) is 0 Å². The van der Waals surface area contributed by atoms with E-state index in [0.29, 0.717) is 0 Å². The van der Waals surface area contributed by atoms with Crippen LogP contribution < -0.4 is 0 Å². The number of hydrogen-bond acceptors (Lipinski definition) is 0. The Bertz CT molecular complexity index is 802. The first kappa shape index (κ1) is 18.2. The normalized spacial score (nSPS) is 18.9. The van der Waals surface area contributed by atoms with Crippen molar-refractivity contribution in [1.82, 2.24) is 0 Å². The van der Waals surface area contributed by atoms with E-state index in [0.717, 1.165) is 12.8 Å². The van der Waals surface area contributed by atoms with Crippen LogP contribution in [0.15, 0.2) is 95.1 Å². The van der Waals surface area contributed by atoms with Gasteiger partial charge in [0.1, 0.15) is 0 Å². The van der Waals surface area contributed by atoms with Crippen molar-refractivity contribution in [2.24, 2.45) is 0 Å². The fraction of sp³-hybridized carbons (Fsp3) is 0.231. The predicted octanol–water partition coefficient (Wildman–Crippen LogP) is 7.62. The van der Waals surface area contributed by atoms with E-state index in [-0.39, 0.29) is 0 Å². The summed E-state index contributed by atoms with van der Waals surface area (Å²) in [6.07, 6.45) is 6.92. The van der Waals surface area contributed by atoms with E-state index in [1.165, 1.54) is 44.6 Å². The lowest BCUT2D eigenvalue weighted by atomic mass is 9.85. The van der Waals surface area contributed by atoms with Gasteiger partial charge in [0, 0.05) is 0 Å². The molecule has 3 rings (SSSR count). The van der Waals surface area contributed by atoms with Gasteiger partial charge in [0.25, 0.3) is 0 Å². The fourth-order valence-corrected chi connectivity index (χ4v) is 3.50. The van der Waals surface area contributed by atoms with Gasteiger partial charge >= 0.3 is 0 Å². The molecule has 0 saturated heterocycles. The van der Waals surface area contributed by atoms with E-state index < -0.39 is 0 Å². The maximum atomic E-state index is 2.41. The fourth-order valence-electron chi connectivity index (χ4n) is 3.50. The summed E-state index contributed by atoms with van der Waals surface area (Å²) >= 11 is 0. The van der Waals surface area contributed by atoms with E-state index in [4.69, 9.17) is 0 Å². The van der Waals surface area contributed by atoms with Crippen molar-refractivity contribution in [3.63, 3.8) is 0 Å². The van der Waals surface area contributed by atoms with Crippen molar-refractivity contribution in [3.8, 4) is 0 Å². The molecule has 1 aliphatic carbocycles. The van der Waals surface area contributed by atoms with Crippen molar-refractivity contribution in [2.75, 3.05) is 0 Å². The molecule has 0 spiro atoms. The van der Waals surface area contributed by atoms with Crippen LogP contribution in [-0.2, 0) is 0 Å². The summed E-state index contributed by atoms with van der Waals surface area (Å²) in [5, 5.41) is 0. The van der Waals surface area contributed by atoms with Crippen LogP contribution in [0.25, 0.3) is 11.1 Å². The molecule has 0 nitrogen and oxygen atoms in total. The minimum atomic E-state index is 1.05. The largest absolute Gasteiger partial charge is 0.0686 e. The van der Waals surface area contributed by atoms with Gasteiger partial charge < -0.3 is 0 Å². The van der Waals surface area contributed by atoms with Crippen LogP contribution in [0.3, 0.4) is 0 Å². The first-order valence-electron chi connectivity index (χ1n) is 9.43. The molecule has 2 aromatic carbocycles. The van der Waals surface area contributed by atoms with Gasteiger partial charge in [-0.1, -0.05) is 84.0 Å². The van der Waals surface area contributed by atoms with Gasteiger partial charge in [0.15, 0.2) is 0 Å². The van der Waals surface area contributed by atoms with Crippen LogP contribution in [0.4, 0.5) is 0 Å². The highest BCUT2D eigenvalue weighted by molar-refractivity contribution is 5.79. The topological polar surface area (TPSA) is 0 Å². The molecule has 132 valence electrons. The van der Waals surface area contributed by atoms with Crippen molar-refractivity contribution >= 4 is 11.1 Å². The molecule has 0 bridgehead atoms. The maximum Gasteiger partial charge on any atom is -0.0195 e. The van der Waals surface area contributed by atoms with Crippen molar-refractivity contribution < 1.29 is 0 Å². The quantitative estimate of drug-likeness (QED) is 0.527. The molecular formula is C26H28. The Morgan fingerprint density at radius 3 is 1.19 bits per heavy atom. The zero-order chi connectivity index (χ0) is 18.5. The zero-order valence-corrected chi connectivity index (χ0v) is 16.3. The van der Waals surface area contributed by atoms with Crippen LogP contribution in [0, 0.1) is 0 Å². The molecule has 0 aromatic heterocycles. The molecule has 0 atom stereocenters. The maximum absolute atomic E-state index is 2.41. The first-order chi connectivity index (χ1) is 12.6. The second kappa shape index (κ2) is 8.19. The van der Waals surface area contributed by atoms with E-state index in [1.807, 2.05) is 0 Å². The third-order valence-corrected chi connectivity index (χ3v) is 4.96. The van der Waals surface area contributed by atoms with E-state index in [9.17, 15) is 0 Å². The van der Waals surface area contributed by atoms with E-state index in [2.05, 4.69) is 101 Å². The minimum absolute atomic E-state index is 1.05. The number of rotatable bonds is 2. The smallest absolute Gasteiger partial charge is 0.0195 e. The van der Waals surface area contributed by atoms with E-state index in [1.54, 1.807) is 0 Å². The minimum Gasteiger partial charge on any atom is -0.0686 e. The molecule has 0 heteroatoms. The molecule has 0 unspecified atom stereocenters. The highest BCUT2D eigenvalue weighted by Crippen LogP contribution is 2.35. The highest BCUT2D eigenvalue weighted by atomic mass is 14.2. The van der Waals surface area contributed by atoms with Gasteiger partial charge in [0.05, 0.1) is 0 Å². The predicted molar refractivity (Wildman–Crippen MR) is 115 cm³/mol. The van der Waals surface area contributed by atoms with Gasteiger partial charge in [-0.15, -0.1) is 0 Å². The monoisotopic (exact) mass is 340 g/mol. The van der Waals surface area contributed by atoms with E-state index >= 15 is 0 Å². The Kier molecular flexibility index (Phi) is 5.73. The lowest BCUT2D eigenvalue weighted by Crippen LogP contribution is -1.99. The molecule has 2 aromatic rings. The van der Waals surface area contributed by atoms with Crippen LogP contribution in [0.1, 0.15) is 51.7 Å². The number of benzene rings is 2. The standard InChI is InChI=1S/C26H28/c1-19(2)25-17-23(21-11-7-5-8-12-21)15-16-24(18-26(25)20(3)4)22-13-9-6-10-14-22/h5-14,17-18H,15-16H2,1-4H3/b23-17+,24-18+. The van der Waals surface area contributed by atoms with Gasteiger partial charge in [-0.2, -0.15) is 0 Å². The Hall–Kier alpha value is -2.60. The molecule has 0 saturated carbocycles. The Labute approximate surface area is 158 Å².